The summed E-state index contributed by atoms with van der Waals surface area (Å²) in [6.45, 7) is 4.22. The number of ether oxygens (including phenoxy) is 2. The Hall–Kier alpha value is -4.08. The summed E-state index contributed by atoms with van der Waals surface area (Å²) in [6.07, 6.45) is -1.08. The maximum absolute atomic E-state index is 13.2. The van der Waals surface area contributed by atoms with Crippen LogP contribution in [0.15, 0.2) is 60.8 Å². The zero-order chi connectivity index (χ0) is 27.8. The SMILES string of the molecule is COc1ncc(C(=O)N2CC3(CCCN(C(=O)c4ccc(Oc5ccc(C(F)(F)F)cc5)cc4)C3)C2)cc1C. The molecule has 0 N–H and O–H groups in total. The van der Waals surface area contributed by atoms with E-state index in [0.717, 1.165) is 30.5 Å². The molecule has 2 saturated heterocycles. The summed E-state index contributed by atoms with van der Waals surface area (Å²) in [4.78, 5) is 34.0. The number of amides is 2. The van der Waals surface area contributed by atoms with Crippen molar-refractivity contribution < 1.29 is 32.2 Å². The van der Waals surface area contributed by atoms with Gasteiger partial charge in [0.25, 0.3) is 11.8 Å². The van der Waals surface area contributed by atoms with Crippen LogP contribution in [0.5, 0.6) is 17.4 Å². The van der Waals surface area contributed by atoms with Crippen LogP contribution in [0.3, 0.4) is 0 Å². The Kier molecular flexibility index (Phi) is 6.96. The number of hydrogen-bond donors (Lipinski definition) is 0. The number of aromatic nitrogens is 1. The fraction of sp³-hybridized carbons (Fsp3) is 0.345. The van der Waals surface area contributed by atoms with Gasteiger partial charge in [-0.05, 0) is 74.4 Å². The molecule has 2 fully saturated rings. The maximum atomic E-state index is 13.2. The number of methoxy groups -OCH3 is 1. The van der Waals surface area contributed by atoms with Crippen molar-refractivity contribution in [3.05, 3.63) is 83.0 Å². The molecule has 39 heavy (non-hydrogen) atoms. The Morgan fingerprint density at radius 1 is 0.897 bits per heavy atom. The molecular weight excluding hydrogens is 511 g/mol. The molecule has 2 aromatic carbocycles. The summed E-state index contributed by atoms with van der Waals surface area (Å²) in [5.74, 6) is 0.996. The second-order valence-electron chi connectivity index (χ2n) is 10.2. The normalized spacial score (nSPS) is 16.5. The molecule has 2 amide bonds. The summed E-state index contributed by atoms with van der Waals surface area (Å²) in [6, 6.07) is 12.8. The lowest BCUT2D eigenvalue weighted by atomic mass is 9.73. The summed E-state index contributed by atoms with van der Waals surface area (Å²) < 4.78 is 49.1. The Labute approximate surface area is 224 Å². The molecule has 10 heteroatoms. The van der Waals surface area contributed by atoms with Gasteiger partial charge in [-0.2, -0.15) is 13.2 Å². The van der Waals surface area contributed by atoms with Crippen LogP contribution in [0.25, 0.3) is 0 Å². The lowest BCUT2D eigenvalue weighted by molar-refractivity contribution is -0.137. The molecule has 3 heterocycles. The van der Waals surface area contributed by atoms with Gasteiger partial charge in [0.15, 0.2) is 0 Å². The fourth-order valence-electron chi connectivity index (χ4n) is 5.32. The topological polar surface area (TPSA) is 72.0 Å². The van der Waals surface area contributed by atoms with Crippen molar-refractivity contribution in [2.24, 2.45) is 5.41 Å². The number of nitrogens with zero attached hydrogens (tertiary/aromatic N) is 3. The summed E-state index contributed by atoms with van der Waals surface area (Å²) in [7, 11) is 1.54. The van der Waals surface area contributed by atoms with Gasteiger partial charge >= 0.3 is 6.18 Å². The predicted octanol–water partition coefficient (Wildman–Crippen LogP) is 5.59. The second-order valence-corrected chi connectivity index (χ2v) is 10.2. The lowest BCUT2D eigenvalue weighted by Crippen LogP contribution is -2.64. The van der Waals surface area contributed by atoms with Crippen molar-refractivity contribution >= 4 is 11.8 Å². The molecular formula is C29H28F3N3O4. The van der Waals surface area contributed by atoms with Gasteiger partial charge in [0.1, 0.15) is 11.5 Å². The highest BCUT2D eigenvalue weighted by Crippen LogP contribution is 2.40. The fourth-order valence-corrected chi connectivity index (χ4v) is 5.32. The second kappa shape index (κ2) is 10.2. The molecule has 0 aliphatic carbocycles. The van der Waals surface area contributed by atoms with Crippen LogP contribution in [-0.2, 0) is 6.18 Å². The number of halogens is 3. The first-order chi connectivity index (χ1) is 18.6. The van der Waals surface area contributed by atoms with Crippen LogP contribution in [0, 0.1) is 12.3 Å². The quantitative estimate of drug-likeness (QED) is 0.423. The molecule has 1 aromatic heterocycles. The van der Waals surface area contributed by atoms with E-state index in [1.165, 1.54) is 25.4 Å². The van der Waals surface area contributed by atoms with E-state index in [4.69, 9.17) is 9.47 Å². The first kappa shape index (κ1) is 26.5. The third-order valence-electron chi connectivity index (χ3n) is 7.28. The van der Waals surface area contributed by atoms with Crippen molar-refractivity contribution in [3.63, 3.8) is 0 Å². The van der Waals surface area contributed by atoms with E-state index in [2.05, 4.69) is 4.98 Å². The van der Waals surface area contributed by atoms with Gasteiger partial charge in [-0.15, -0.1) is 0 Å². The first-order valence-electron chi connectivity index (χ1n) is 12.6. The van der Waals surface area contributed by atoms with Crippen molar-refractivity contribution in [3.8, 4) is 17.4 Å². The zero-order valence-electron chi connectivity index (χ0n) is 21.6. The number of aryl methyl sites for hydroxylation is 1. The predicted molar refractivity (Wildman–Crippen MR) is 137 cm³/mol. The van der Waals surface area contributed by atoms with E-state index in [1.54, 1.807) is 35.2 Å². The molecule has 2 aliphatic heterocycles. The summed E-state index contributed by atoms with van der Waals surface area (Å²) in [5, 5.41) is 0. The zero-order valence-corrected chi connectivity index (χ0v) is 21.6. The maximum Gasteiger partial charge on any atom is 0.416 e. The average molecular weight is 540 g/mol. The first-order valence-corrected chi connectivity index (χ1v) is 12.6. The van der Waals surface area contributed by atoms with Crippen molar-refractivity contribution in [2.75, 3.05) is 33.3 Å². The third-order valence-corrected chi connectivity index (χ3v) is 7.28. The number of carbonyl (C=O) groups is 2. The van der Waals surface area contributed by atoms with Crippen LogP contribution in [-0.4, -0.2) is 59.9 Å². The molecule has 204 valence electrons. The van der Waals surface area contributed by atoms with Crippen molar-refractivity contribution in [2.45, 2.75) is 25.9 Å². The van der Waals surface area contributed by atoms with Crippen LogP contribution in [0.4, 0.5) is 13.2 Å². The van der Waals surface area contributed by atoms with E-state index in [0.29, 0.717) is 48.9 Å². The van der Waals surface area contributed by atoms with Gasteiger partial charge in [-0.25, -0.2) is 4.98 Å². The molecule has 2 aliphatic rings. The van der Waals surface area contributed by atoms with Crippen LogP contribution >= 0.6 is 0 Å². The Bertz CT molecular complexity index is 1370. The monoisotopic (exact) mass is 539 g/mol. The van der Waals surface area contributed by atoms with Gasteiger partial charge in [0.05, 0.1) is 18.2 Å². The summed E-state index contributed by atoms with van der Waals surface area (Å²) >= 11 is 0. The van der Waals surface area contributed by atoms with E-state index in [9.17, 15) is 22.8 Å². The highest BCUT2D eigenvalue weighted by molar-refractivity contribution is 5.95. The molecule has 0 bridgehead atoms. The van der Waals surface area contributed by atoms with Gasteiger partial charge in [-0.3, -0.25) is 9.59 Å². The number of rotatable bonds is 5. The van der Waals surface area contributed by atoms with Crippen molar-refractivity contribution in [1.82, 2.24) is 14.8 Å². The van der Waals surface area contributed by atoms with E-state index >= 15 is 0 Å². The minimum absolute atomic E-state index is 0.0778. The third kappa shape index (κ3) is 5.55. The standard InChI is InChI=1S/C29H28F3N3O4/c1-19-14-21(15-33-25(19)38-2)27(37)35-17-28(18-35)12-3-13-34(16-28)26(36)20-4-8-23(9-5-20)39-24-10-6-22(7-11-24)29(30,31)32/h4-11,14-15H,3,12-13,16-18H2,1-2H3. The minimum Gasteiger partial charge on any atom is -0.481 e. The van der Waals surface area contributed by atoms with Gasteiger partial charge in [0, 0.05) is 48.9 Å². The molecule has 0 radical (unpaired) electrons. The van der Waals surface area contributed by atoms with Gasteiger partial charge < -0.3 is 19.3 Å². The largest absolute Gasteiger partial charge is 0.481 e. The van der Waals surface area contributed by atoms with Gasteiger partial charge in [0.2, 0.25) is 5.88 Å². The Balaban J connectivity index is 1.18. The number of likely N-dealkylation sites (tertiary alicyclic amines) is 2. The highest BCUT2D eigenvalue weighted by atomic mass is 19.4. The van der Waals surface area contributed by atoms with E-state index in [-0.39, 0.29) is 23.0 Å². The van der Waals surface area contributed by atoms with Crippen molar-refractivity contribution in [1.29, 1.82) is 0 Å². The summed E-state index contributed by atoms with van der Waals surface area (Å²) in [5.41, 5.74) is 0.944. The molecule has 7 nitrogen and oxygen atoms in total. The van der Waals surface area contributed by atoms with Gasteiger partial charge in [-0.1, -0.05) is 0 Å². The Morgan fingerprint density at radius 2 is 1.49 bits per heavy atom. The number of piperidine rings is 1. The highest BCUT2D eigenvalue weighted by Gasteiger charge is 2.48. The molecule has 5 rings (SSSR count). The number of hydrogen-bond acceptors (Lipinski definition) is 5. The molecule has 0 saturated carbocycles. The molecule has 3 aromatic rings. The van der Waals surface area contributed by atoms with E-state index in [1.807, 2.05) is 11.8 Å². The smallest absolute Gasteiger partial charge is 0.416 e. The minimum atomic E-state index is -4.41. The number of pyridine rings is 1. The lowest BCUT2D eigenvalue weighted by Gasteiger charge is -2.54. The molecule has 0 atom stereocenters. The Morgan fingerprint density at radius 3 is 2.08 bits per heavy atom. The number of alkyl halides is 3. The average Bonchev–Trinajstić information content (AvgIpc) is 2.91. The van der Waals surface area contributed by atoms with Crippen LogP contribution in [0.1, 0.15) is 44.7 Å². The number of benzene rings is 2. The van der Waals surface area contributed by atoms with Crippen LogP contribution in [0.2, 0.25) is 0 Å². The molecule has 0 unspecified atom stereocenters. The number of carbonyl (C=O) groups excluding carboxylic acids is 2. The molecule has 1 spiro atoms. The van der Waals surface area contributed by atoms with E-state index < -0.39 is 11.7 Å². The van der Waals surface area contributed by atoms with Crippen LogP contribution < -0.4 is 9.47 Å².